The van der Waals surface area contributed by atoms with Crippen LogP contribution in [0.5, 0.6) is 0 Å². The van der Waals surface area contributed by atoms with Crippen molar-refractivity contribution in [3.05, 3.63) is 46.9 Å². The van der Waals surface area contributed by atoms with Gasteiger partial charge in [-0.05, 0) is 37.1 Å². The summed E-state index contributed by atoms with van der Waals surface area (Å²) >= 11 is 0. The van der Waals surface area contributed by atoms with E-state index in [1.54, 1.807) is 13.0 Å². The third-order valence-corrected chi connectivity index (χ3v) is 3.38. The van der Waals surface area contributed by atoms with Crippen LogP contribution in [0.1, 0.15) is 55.6 Å². The molecule has 0 bridgehead atoms. The molecule has 6 heteroatoms. The molecule has 0 aliphatic rings. The number of halogens is 1. The summed E-state index contributed by atoms with van der Waals surface area (Å²) in [5.74, 6) is 0.575. The Morgan fingerprint density at radius 2 is 2.09 bits per heavy atom. The van der Waals surface area contributed by atoms with Crippen LogP contribution in [0.4, 0.5) is 4.39 Å². The number of nitrogens with one attached hydrogen (secondary N) is 1. The Morgan fingerprint density at radius 1 is 1.36 bits per heavy atom. The molecule has 118 valence electrons. The summed E-state index contributed by atoms with van der Waals surface area (Å²) in [6, 6.07) is 4.03. The van der Waals surface area contributed by atoms with E-state index >= 15 is 0 Å². The minimum Gasteiger partial charge on any atom is -0.344 e. The van der Waals surface area contributed by atoms with E-state index in [-0.39, 0.29) is 30.1 Å². The molecule has 1 aromatic heterocycles. The van der Waals surface area contributed by atoms with Crippen LogP contribution in [0.2, 0.25) is 0 Å². The van der Waals surface area contributed by atoms with Crippen molar-refractivity contribution in [2.45, 2.75) is 46.1 Å². The molecule has 1 aromatic carbocycles. The van der Waals surface area contributed by atoms with Gasteiger partial charge >= 0.3 is 0 Å². The summed E-state index contributed by atoms with van der Waals surface area (Å²) in [6.45, 7) is 7.54. The number of hydrogen-bond donors (Lipinski definition) is 1. The van der Waals surface area contributed by atoms with Crippen molar-refractivity contribution < 1.29 is 13.7 Å². The van der Waals surface area contributed by atoms with Crippen LogP contribution in [0.25, 0.3) is 0 Å². The molecule has 2 aromatic rings. The molecule has 1 amide bonds. The van der Waals surface area contributed by atoms with E-state index in [1.807, 2.05) is 20.8 Å². The molecule has 1 heterocycles. The van der Waals surface area contributed by atoms with Gasteiger partial charge in [-0.1, -0.05) is 25.1 Å². The number of hydrogen-bond acceptors (Lipinski definition) is 4. The number of nitrogens with zero attached hydrogens (tertiary/aromatic N) is 2. The van der Waals surface area contributed by atoms with Crippen molar-refractivity contribution in [1.29, 1.82) is 0 Å². The zero-order chi connectivity index (χ0) is 16.3. The first-order valence-electron chi connectivity index (χ1n) is 7.24. The second kappa shape index (κ2) is 6.68. The average molecular weight is 305 g/mol. The van der Waals surface area contributed by atoms with E-state index in [2.05, 4.69) is 15.5 Å². The predicted octanol–water partition coefficient (Wildman–Crippen LogP) is 3.06. The molecule has 2 rings (SSSR count). The van der Waals surface area contributed by atoms with Crippen LogP contribution in [0.15, 0.2) is 22.7 Å². The van der Waals surface area contributed by atoms with Gasteiger partial charge in [0.2, 0.25) is 11.8 Å². The lowest BCUT2D eigenvalue weighted by molar-refractivity contribution is -0.121. The molecule has 0 aliphatic carbocycles. The molecular formula is C16H20FN3O2. The van der Waals surface area contributed by atoms with Gasteiger partial charge in [-0.2, -0.15) is 4.98 Å². The van der Waals surface area contributed by atoms with Crippen LogP contribution >= 0.6 is 0 Å². The van der Waals surface area contributed by atoms with Crippen molar-refractivity contribution in [1.82, 2.24) is 15.5 Å². The minimum atomic E-state index is -0.388. The van der Waals surface area contributed by atoms with Gasteiger partial charge < -0.3 is 9.84 Å². The van der Waals surface area contributed by atoms with Gasteiger partial charge in [-0.15, -0.1) is 0 Å². The largest absolute Gasteiger partial charge is 0.344 e. The maximum atomic E-state index is 13.2. The molecular weight excluding hydrogens is 285 g/mol. The Labute approximate surface area is 128 Å². The van der Waals surface area contributed by atoms with Crippen molar-refractivity contribution in [2.24, 2.45) is 0 Å². The Bertz CT molecular complexity index is 667. The van der Waals surface area contributed by atoms with E-state index in [0.29, 0.717) is 17.3 Å². The van der Waals surface area contributed by atoms with Crippen LogP contribution < -0.4 is 5.32 Å². The van der Waals surface area contributed by atoms with Crippen molar-refractivity contribution >= 4 is 5.91 Å². The summed E-state index contributed by atoms with van der Waals surface area (Å²) < 4.78 is 18.4. The number of rotatable bonds is 5. The first-order chi connectivity index (χ1) is 10.4. The number of carbonyl (C=O) groups is 1. The fourth-order valence-electron chi connectivity index (χ4n) is 2.02. The molecule has 0 spiro atoms. The highest BCUT2D eigenvalue weighted by Crippen LogP contribution is 2.16. The van der Waals surface area contributed by atoms with Crippen LogP contribution in [0.3, 0.4) is 0 Å². The molecule has 5 nitrogen and oxygen atoms in total. The van der Waals surface area contributed by atoms with E-state index in [4.69, 9.17) is 4.52 Å². The first-order valence-corrected chi connectivity index (χ1v) is 7.24. The third kappa shape index (κ3) is 3.90. The Balaban J connectivity index is 2.00. The fourth-order valence-corrected chi connectivity index (χ4v) is 2.02. The fraction of sp³-hybridized carbons (Fsp3) is 0.438. The summed E-state index contributed by atoms with van der Waals surface area (Å²) in [5, 5.41) is 6.65. The van der Waals surface area contributed by atoms with Gasteiger partial charge in [-0.3, -0.25) is 4.79 Å². The highest BCUT2D eigenvalue weighted by Gasteiger charge is 2.18. The van der Waals surface area contributed by atoms with Gasteiger partial charge in [0.25, 0.3) is 0 Å². The monoisotopic (exact) mass is 305 g/mol. The number of aryl methyl sites for hydroxylation is 1. The Morgan fingerprint density at radius 3 is 2.73 bits per heavy atom. The molecule has 22 heavy (non-hydrogen) atoms. The molecule has 0 fully saturated rings. The number of amides is 1. The number of aromatic nitrogens is 2. The minimum absolute atomic E-state index is 0.110. The maximum Gasteiger partial charge on any atom is 0.248 e. The first kappa shape index (κ1) is 16.1. The molecule has 0 radical (unpaired) electrons. The molecule has 1 atom stereocenters. The highest BCUT2D eigenvalue weighted by atomic mass is 19.1. The second-order valence-electron chi connectivity index (χ2n) is 5.68. The van der Waals surface area contributed by atoms with Gasteiger partial charge in [0.05, 0.1) is 6.42 Å². The van der Waals surface area contributed by atoms with E-state index < -0.39 is 0 Å². The van der Waals surface area contributed by atoms with Crippen molar-refractivity contribution in [2.75, 3.05) is 0 Å². The van der Waals surface area contributed by atoms with Crippen molar-refractivity contribution in [3.63, 3.8) is 0 Å². The highest BCUT2D eigenvalue weighted by molar-refractivity contribution is 5.79. The van der Waals surface area contributed by atoms with Crippen LogP contribution in [-0.2, 0) is 11.2 Å². The van der Waals surface area contributed by atoms with Gasteiger partial charge in [0.15, 0.2) is 5.82 Å². The smallest absolute Gasteiger partial charge is 0.248 e. The average Bonchev–Trinajstić information content (AvgIpc) is 2.93. The van der Waals surface area contributed by atoms with E-state index in [9.17, 15) is 9.18 Å². The van der Waals surface area contributed by atoms with E-state index in [0.717, 1.165) is 5.56 Å². The normalized spacial score (nSPS) is 12.5. The summed E-state index contributed by atoms with van der Waals surface area (Å²) in [5.41, 5.74) is 1.54. The zero-order valence-corrected chi connectivity index (χ0v) is 13.2. The van der Waals surface area contributed by atoms with Crippen LogP contribution in [-0.4, -0.2) is 16.0 Å². The zero-order valence-electron chi connectivity index (χ0n) is 13.2. The van der Waals surface area contributed by atoms with Crippen LogP contribution in [0, 0.1) is 12.7 Å². The van der Waals surface area contributed by atoms with E-state index in [1.165, 1.54) is 12.1 Å². The predicted molar refractivity (Wildman–Crippen MR) is 79.8 cm³/mol. The number of benzene rings is 1. The Kier molecular flexibility index (Phi) is 4.90. The third-order valence-electron chi connectivity index (χ3n) is 3.38. The topological polar surface area (TPSA) is 68.0 Å². The molecule has 1 N–H and O–H groups in total. The van der Waals surface area contributed by atoms with Gasteiger partial charge in [0, 0.05) is 5.92 Å². The molecule has 0 saturated carbocycles. The number of carbonyl (C=O) groups excluding carboxylic acids is 1. The van der Waals surface area contributed by atoms with Gasteiger partial charge in [-0.25, -0.2) is 4.39 Å². The molecule has 0 saturated heterocycles. The maximum absolute atomic E-state index is 13.2. The lowest BCUT2D eigenvalue weighted by Crippen LogP contribution is -2.28. The summed E-state index contributed by atoms with van der Waals surface area (Å²) in [6.07, 6.45) is 0.110. The standard InChI is InChI=1S/C16H20FN3O2/c1-9(2)15-19-16(22-20-15)11(4)18-14(21)8-12-7-13(17)6-5-10(12)3/h5-7,9,11H,8H2,1-4H3,(H,18,21). The Hall–Kier alpha value is -2.24. The lowest BCUT2D eigenvalue weighted by Gasteiger charge is -2.11. The quantitative estimate of drug-likeness (QED) is 0.922. The van der Waals surface area contributed by atoms with Gasteiger partial charge in [0.1, 0.15) is 11.9 Å². The summed E-state index contributed by atoms with van der Waals surface area (Å²) in [7, 11) is 0. The molecule has 1 unspecified atom stereocenters. The summed E-state index contributed by atoms with van der Waals surface area (Å²) in [4.78, 5) is 16.3. The van der Waals surface area contributed by atoms with Crippen molar-refractivity contribution in [3.8, 4) is 0 Å². The molecule has 0 aliphatic heterocycles. The lowest BCUT2D eigenvalue weighted by atomic mass is 10.1. The second-order valence-corrected chi connectivity index (χ2v) is 5.68. The SMILES string of the molecule is Cc1ccc(F)cc1CC(=O)NC(C)c1nc(C(C)C)no1.